The number of Topliss-reactive ketones (excluding diaryl/α,β-unsaturated/α-hetero) is 1. The number of hydrogen-bond donors (Lipinski definition) is 1. The van der Waals surface area contributed by atoms with E-state index < -0.39 is 17.7 Å². The molecule has 1 atom stereocenters. The van der Waals surface area contributed by atoms with Gasteiger partial charge < -0.3 is 15.2 Å². The lowest BCUT2D eigenvalue weighted by Gasteiger charge is -2.25. The second-order valence-corrected chi connectivity index (χ2v) is 7.07. The van der Waals surface area contributed by atoms with Crippen molar-refractivity contribution in [2.24, 2.45) is 0 Å². The number of hydrogen-bond acceptors (Lipinski definition) is 5. The van der Waals surface area contributed by atoms with Crippen molar-refractivity contribution >= 4 is 17.4 Å². The minimum absolute atomic E-state index is 0.0396. The second-order valence-electron chi connectivity index (χ2n) is 7.07. The largest absolute Gasteiger partial charge is 0.485 e. The van der Waals surface area contributed by atoms with Crippen molar-refractivity contribution in [3.8, 4) is 5.75 Å². The summed E-state index contributed by atoms with van der Waals surface area (Å²) in [4.78, 5) is 24.2. The molecule has 0 aromatic heterocycles. The van der Waals surface area contributed by atoms with Crippen LogP contribution in [0.5, 0.6) is 5.75 Å². The number of fused-ring (bicyclic) bond motifs is 1. The van der Waals surface area contributed by atoms with Gasteiger partial charge in [0.25, 0.3) is 0 Å². The van der Waals surface area contributed by atoms with Gasteiger partial charge >= 0.3 is 5.97 Å². The number of ketones is 1. The average Bonchev–Trinajstić information content (AvgIpc) is 2.47. The Morgan fingerprint density at radius 1 is 1.29 bits per heavy atom. The number of nitrogens with two attached hydrogens (primary N) is 1. The SMILES string of the molecule is C=C(C(=O)OC(C)(C)C)C(C)Oc1ccc(N)c2c1CCCC2=O. The van der Waals surface area contributed by atoms with E-state index in [1.807, 2.05) is 0 Å². The molecule has 0 radical (unpaired) electrons. The first-order chi connectivity index (χ1) is 11.1. The molecule has 0 aliphatic heterocycles. The van der Waals surface area contributed by atoms with Crippen LogP contribution >= 0.6 is 0 Å². The summed E-state index contributed by atoms with van der Waals surface area (Å²) in [7, 11) is 0. The maximum Gasteiger partial charge on any atom is 0.337 e. The van der Waals surface area contributed by atoms with Crippen molar-refractivity contribution < 1.29 is 19.1 Å². The molecule has 1 aliphatic carbocycles. The van der Waals surface area contributed by atoms with E-state index in [1.54, 1.807) is 39.8 Å². The van der Waals surface area contributed by atoms with Crippen molar-refractivity contribution in [2.45, 2.75) is 58.7 Å². The van der Waals surface area contributed by atoms with E-state index in [-0.39, 0.29) is 11.4 Å². The van der Waals surface area contributed by atoms with Gasteiger partial charge in [-0.25, -0.2) is 4.79 Å². The fraction of sp³-hybridized carbons (Fsp3) is 0.474. The number of rotatable bonds is 4. The molecule has 1 unspecified atom stereocenters. The van der Waals surface area contributed by atoms with Gasteiger partial charge in [-0.05, 0) is 52.7 Å². The van der Waals surface area contributed by atoms with Crippen LogP contribution in [0.4, 0.5) is 5.69 Å². The molecule has 0 bridgehead atoms. The van der Waals surface area contributed by atoms with Crippen LogP contribution in [0.2, 0.25) is 0 Å². The lowest BCUT2D eigenvalue weighted by molar-refractivity contribution is -0.150. The van der Waals surface area contributed by atoms with Gasteiger partial charge in [-0.2, -0.15) is 0 Å². The van der Waals surface area contributed by atoms with Gasteiger partial charge in [-0.15, -0.1) is 0 Å². The number of carbonyl (C=O) groups excluding carboxylic acids is 2. The van der Waals surface area contributed by atoms with E-state index in [4.69, 9.17) is 15.2 Å². The molecule has 1 aromatic rings. The summed E-state index contributed by atoms with van der Waals surface area (Å²) >= 11 is 0. The monoisotopic (exact) mass is 331 g/mol. The summed E-state index contributed by atoms with van der Waals surface area (Å²) in [6.07, 6.45) is 1.44. The maximum absolute atomic E-state index is 12.1. The van der Waals surface area contributed by atoms with Gasteiger partial charge in [0.2, 0.25) is 0 Å². The first-order valence-corrected chi connectivity index (χ1v) is 8.13. The molecule has 0 fully saturated rings. The van der Waals surface area contributed by atoms with Crippen LogP contribution in [0.1, 0.15) is 56.5 Å². The summed E-state index contributed by atoms with van der Waals surface area (Å²) in [6.45, 7) is 10.9. The highest BCUT2D eigenvalue weighted by Crippen LogP contribution is 2.34. The Balaban J connectivity index is 2.19. The Morgan fingerprint density at radius 3 is 2.58 bits per heavy atom. The minimum Gasteiger partial charge on any atom is -0.485 e. The van der Waals surface area contributed by atoms with Gasteiger partial charge in [0, 0.05) is 23.2 Å². The molecule has 130 valence electrons. The topological polar surface area (TPSA) is 78.6 Å². The zero-order valence-corrected chi connectivity index (χ0v) is 14.8. The molecule has 0 saturated heterocycles. The van der Waals surface area contributed by atoms with Crippen molar-refractivity contribution in [3.05, 3.63) is 35.4 Å². The van der Waals surface area contributed by atoms with E-state index in [0.717, 1.165) is 18.4 Å². The summed E-state index contributed by atoms with van der Waals surface area (Å²) in [5.74, 6) is 0.123. The third kappa shape index (κ3) is 3.96. The van der Waals surface area contributed by atoms with Crippen LogP contribution in [0.25, 0.3) is 0 Å². The normalized spacial score (nSPS) is 15.4. The number of benzene rings is 1. The predicted octanol–water partition coefficient (Wildman–Crippen LogP) is 3.45. The highest BCUT2D eigenvalue weighted by atomic mass is 16.6. The molecule has 1 aliphatic rings. The van der Waals surface area contributed by atoms with Crippen molar-refractivity contribution in [1.82, 2.24) is 0 Å². The molecule has 0 amide bonds. The Labute approximate surface area is 142 Å². The number of nitrogen functional groups attached to an aromatic ring is 1. The fourth-order valence-electron chi connectivity index (χ4n) is 2.66. The lowest BCUT2D eigenvalue weighted by Crippen LogP contribution is -2.29. The average molecular weight is 331 g/mol. The summed E-state index contributed by atoms with van der Waals surface area (Å²) in [5, 5.41) is 0. The Bertz CT molecular complexity index is 685. The van der Waals surface area contributed by atoms with E-state index in [9.17, 15) is 9.59 Å². The maximum atomic E-state index is 12.1. The van der Waals surface area contributed by atoms with Gasteiger partial charge in [0.15, 0.2) is 5.78 Å². The molecule has 24 heavy (non-hydrogen) atoms. The van der Waals surface area contributed by atoms with Gasteiger partial charge in [-0.1, -0.05) is 6.58 Å². The van der Waals surface area contributed by atoms with E-state index in [2.05, 4.69) is 6.58 Å². The van der Waals surface area contributed by atoms with Crippen LogP contribution in [0.3, 0.4) is 0 Å². The molecule has 0 saturated carbocycles. The number of anilines is 1. The molecular weight excluding hydrogens is 306 g/mol. The Morgan fingerprint density at radius 2 is 1.96 bits per heavy atom. The first kappa shape index (κ1) is 18.0. The third-order valence-corrected chi connectivity index (χ3v) is 3.87. The quantitative estimate of drug-likeness (QED) is 0.519. The molecule has 0 spiro atoms. The zero-order valence-electron chi connectivity index (χ0n) is 14.8. The number of carbonyl (C=O) groups is 2. The van der Waals surface area contributed by atoms with Crippen LogP contribution in [-0.4, -0.2) is 23.5 Å². The Kier molecular flexibility index (Phi) is 5.02. The predicted molar refractivity (Wildman–Crippen MR) is 93.2 cm³/mol. The zero-order chi connectivity index (χ0) is 18.1. The van der Waals surface area contributed by atoms with E-state index >= 15 is 0 Å². The summed E-state index contributed by atoms with van der Waals surface area (Å²) in [5.41, 5.74) is 7.42. The molecule has 5 nitrogen and oxygen atoms in total. The summed E-state index contributed by atoms with van der Waals surface area (Å²) < 4.78 is 11.2. The van der Waals surface area contributed by atoms with Crippen LogP contribution in [0.15, 0.2) is 24.3 Å². The third-order valence-electron chi connectivity index (χ3n) is 3.87. The number of esters is 1. The van der Waals surface area contributed by atoms with Crippen molar-refractivity contribution in [2.75, 3.05) is 5.73 Å². The molecule has 0 heterocycles. The molecule has 1 aromatic carbocycles. The van der Waals surface area contributed by atoms with Crippen LogP contribution < -0.4 is 10.5 Å². The Hall–Kier alpha value is -2.30. The number of ether oxygens (including phenoxy) is 2. The molecule has 2 N–H and O–H groups in total. The first-order valence-electron chi connectivity index (χ1n) is 8.13. The molecule has 5 heteroatoms. The highest BCUT2D eigenvalue weighted by molar-refractivity contribution is 6.03. The fourth-order valence-corrected chi connectivity index (χ4v) is 2.66. The van der Waals surface area contributed by atoms with Gasteiger partial charge in [-0.3, -0.25) is 4.79 Å². The van der Waals surface area contributed by atoms with Crippen LogP contribution in [-0.2, 0) is 16.0 Å². The second kappa shape index (κ2) is 6.67. The molecule has 2 rings (SSSR count). The standard InChI is InChI=1S/C19H25NO4/c1-11(18(22)24-19(3,4)5)12(2)23-16-10-9-14(20)17-13(16)7-6-8-15(17)21/h9-10,12H,1,6-8,20H2,2-5H3. The van der Waals surface area contributed by atoms with Gasteiger partial charge in [0.05, 0.1) is 5.57 Å². The van der Waals surface area contributed by atoms with E-state index in [1.165, 1.54) is 0 Å². The smallest absolute Gasteiger partial charge is 0.337 e. The molecular formula is C19H25NO4. The lowest BCUT2D eigenvalue weighted by atomic mass is 9.88. The summed E-state index contributed by atoms with van der Waals surface area (Å²) in [6, 6.07) is 3.41. The highest BCUT2D eigenvalue weighted by Gasteiger charge is 2.27. The van der Waals surface area contributed by atoms with Crippen molar-refractivity contribution in [3.63, 3.8) is 0 Å². The van der Waals surface area contributed by atoms with E-state index in [0.29, 0.717) is 23.4 Å². The van der Waals surface area contributed by atoms with Crippen molar-refractivity contribution in [1.29, 1.82) is 0 Å². The van der Waals surface area contributed by atoms with Gasteiger partial charge in [0.1, 0.15) is 17.5 Å². The minimum atomic E-state index is -0.591. The van der Waals surface area contributed by atoms with Crippen LogP contribution in [0, 0.1) is 0 Å².